The molecular formula is C16H15N5O2. The zero-order chi connectivity index (χ0) is 16.6. The number of imidazole rings is 1. The number of carbonyl (C=O) groups excluding carboxylic acids is 1. The highest BCUT2D eigenvalue weighted by molar-refractivity contribution is 5.97. The summed E-state index contributed by atoms with van der Waals surface area (Å²) in [5, 5.41) is 0. The number of hydrogen-bond acceptors (Lipinski definition) is 6. The number of aryl methyl sites for hydroxylation is 1. The van der Waals surface area contributed by atoms with Gasteiger partial charge >= 0.3 is 0 Å². The van der Waals surface area contributed by atoms with E-state index < -0.39 is 0 Å². The van der Waals surface area contributed by atoms with E-state index in [0.29, 0.717) is 22.7 Å². The zero-order valence-corrected chi connectivity index (χ0v) is 13.0. The molecule has 7 nitrogen and oxygen atoms in total. The zero-order valence-electron chi connectivity index (χ0n) is 13.0. The number of nitrogens with two attached hydrogens (primary N) is 1. The molecule has 2 N–H and O–H groups in total. The van der Waals surface area contributed by atoms with E-state index in [2.05, 4.69) is 26.8 Å². The monoisotopic (exact) mass is 309 g/mol. The van der Waals surface area contributed by atoms with Crippen LogP contribution in [0.25, 0.3) is 22.7 Å². The van der Waals surface area contributed by atoms with E-state index >= 15 is 0 Å². The number of furan rings is 1. The van der Waals surface area contributed by atoms with Crippen molar-refractivity contribution >= 4 is 22.8 Å². The van der Waals surface area contributed by atoms with E-state index in [4.69, 9.17) is 10.2 Å². The van der Waals surface area contributed by atoms with E-state index in [1.807, 2.05) is 0 Å². The third-order valence-electron chi connectivity index (χ3n) is 3.31. The fourth-order valence-electron chi connectivity index (χ4n) is 2.03. The summed E-state index contributed by atoms with van der Waals surface area (Å²) in [6, 6.07) is 3.57. The molecule has 0 aliphatic carbocycles. The Bertz CT molecular complexity index is 942. The highest BCUT2D eigenvalue weighted by Crippen LogP contribution is 2.25. The summed E-state index contributed by atoms with van der Waals surface area (Å²) in [5.41, 5.74) is 6.95. The van der Waals surface area contributed by atoms with E-state index in [1.54, 1.807) is 43.9 Å². The number of Topliss-reactive ketones (excluding diaryl/α,β-unsaturated/α-hetero) is 1. The quantitative estimate of drug-likeness (QED) is 0.724. The Balaban J connectivity index is 2.11. The third kappa shape index (κ3) is 2.66. The van der Waals surface area contributed by atoms with Crippen LogP contribution in [0, 0.1) is 17.8 Å². The summed E-state index contributed by atoms with van der Waals surface area (Å²) >= 11 is 0. The van der Waals surface area contributed by atoms with Gasteiger partial charge in [-0.3, -0.25) is 4.79 Å². The number of rotatable bonds is 2. The minimum absolute atomic E-state index is 0.161. The second kappa shape index (κ2) is 5.57. The summed E-state index contributed by atoms with van der Waals surface area (Å²) in [4.78, 5) is 24.5. The van der Waals surface area contributed by atoms with Gasteiger partial charge in [0.2, 0.25) is 11.6 Å². The molecule has 0 saturated heterocycles. The van der Waals surface area contributed by atoms with Crippen LogP contribution >= 0.6 is 0 Å². The largest absolute Gasteiger partial charge is 0.461 e. The number of nitrogen functional groups attached to an aromatic ring is 1. The molecule has 3 rings (SSSR count). The number of anilines is 1. The lowest BCUT2D eigenvalue weighted by molar-refractivity contribution is -0.116. The molecule has 0 unspecified atom stereocenters. The Morgan fingerprint density at radius 1 is 1.35 bits per heavy atom. The van der Waals surface area contributed by atoms with Gasteiger partial charge in [-0.1, -0.05) is 13.8 Å². The smallest absolute Gasteiger partial charge is 0.209 e. The summed E-state index contributed by atoms with van der Waals surface area (Å²) in [7, 11) is 1.80. The first-order valence-corrected chi connectivity index (χ1v) is 7.07. The minimum Gasteiger partial charge on any atom is -0.461 e. The van der Waals surface area contributed by atoms with Crippen molar-refractivity contribution in [3.05, 3.63) is 24.2 Å². The number of hydrogen-bond donors (Lipinski definition) is 1. The first-order valence-electron chi connectivity index (χ1n) is 7.07. The lowest BCUT2D eigenvalue weighted by atomic mass is 10.1. The van der Waals surface area contributed by atoms with Crippen molar-refractivity contribution in [2.75, 3.05) is 5.73 Å². The Kier molecular flexibility index (Phi) is 3.58. The van der Waals surface area contributed by atoms with E-state index in [9.17, 15) is 4.79 Å². The Morgan fingerprint density at radius 2 is 2.13 bits per heavy atom. The molecule has 0 bridgehead atoms. The number of ketones is 1. The van der Waals surface area contributed by atoms with Gasteiger partial charge < -0.3 is 14.7 Å². The van der Waals surface area contributed by atoms with Gasteiger partial charge in [0.05, 0.1) is 6.26 Å². The molecule has 0 aromatic carbocycles. The molecule has 0 aliphatic rings. The Labute approximate surface area is 132 Å². The molecule has 0 fully saturated rings. The van der Waals surface area contributed by atoms with Crippen molar-refractivity contribution < 1.29 is 9.21 Å². The second-order valence-corrected chi connectivity index (χ2v) is 5.35. The van der Waals surface area contributed by atoms with Crippen LogP contribution in [0.2, 0.25) is 0 Å². The Morgan fingerprint density at radius 3 is 2.78 bits per heavy atom. The predicted molar refractivity (Wildman–Crippen MR) is 85.1 cm³/mol. The van der Waals surface area contributed by atoms with Crippen LogP contribution in [-0.2, 0) is 11.8 Å². The fourth-order valence-corrected chi connectivity index (χ4v) is 2.03. The van der Waals surface area contributed by atoms with Crippen LogP contribution in [0.4, 0.5) is 5.82 Å². The van der Waals surface area contributed by atoms with Crippen molar-refractivity contribution in [3.63, 3.8) is 0 Å². The van der Waals surface area contributed by atoms with Gasteiger partial charge in [-0.25, -0.2) is 15.0 Å². The van der Waals surface area contributed by atoms with Crippen molar-refractivity contribution in [2.45, 2.75) is 13.8 Å². The van der Waals surface area contributed by atoms with E-state index in [-0.39, 0.29) is 23.3 Å². The van der Waals surface area contributed by atoms with Crippen molar-refractivity contribution in [3.8, 4) is 23.4 Å². The standard InChI is InChI=1S/C16H15N5O2/c1-9(2)10(22)6-7-12-18-14(17)13-16(19-12)21(3)15(20-13)11-5-4-8-23-11/h4-5,8-9H,1-3H3,(H2,17,18,19). The normalized spacial score (nSPS) is 10.8. The topological polar surface area (TPSA) is 99.8 Å². The van der Waals surface area contributed by atoms with Crippen LogP contribution in [0.3, 0.4) is 0 Å². The average Bonchev–Trinajstić information content (AvgIpc) is 3.13. The third-order valence-corrected chi connectivity index (χ3v) is 3.31. The first-order chi connectivity index (χ1) is 11.0. The van der Waals surface area contributed by atoms with Gasteiger partial charge in [-0.15, -0.1) is 0 Å². The maximum Gasteiger partial charge on any atom is 0.209 e. The molecule has 0 aliphatic heterocycles. The molecule has 0 spiro atoms. The molecule has 0 amide bonds. The van der Waals surface area contributed by atoms with Crippen molar-refractivity contribution in [1.82, 2.24) is 19.5 Å². The van der Waals surface area contributed by atoms with Crippen LogP contribution < -0.4 is 5.73 Å². The maximum absolute atomic E-state index is 11.6. The lowest BCUT2D eigenvalue weighted by Gasteiger charge is -1.99. The summed E-state index contributed by atoms with van der Waals surface area (Å²) in [6.45, 7) is 3.57. The van der Waals surface area contributed by atoms with Crippen molar-refractivity contribution in [1.29, 1.82) is 0 Å². The van der Waals surface area contributed by atoms with Gasteiger partial charge in [0, 0.05) is 13.0 Å². The van der Waals surface area contributed by atoms with Gasteiger partial charge in [-0.2, -0.15) is 0 Å². The maximum atomic E-state index is 11.6. The molecule has 0 saturated carbocycles. The first kappa shape index (κ1) is 14.8. The molecule has 116 valence electrons. The number of carbonyl (C=O) groups is 1. The molecule has 3 aromatic heterocycles. The highest BCUT2D eigenvalue weighted by atomic mass is 16.3. The summed E-state index contributed by atoms with van der Waals surface area (Å²) < 4.78 is 7.11. The molecule has 3 aromatic rings. The predicted octanol–water partition coefficient (Wildman–Crippen LogP) is 1.78. The van der Waals surface area contributed by atoms with E-state index in [0.717, 1.165) is 0 Å². The number of aromatic nitrogens is 4. The minimum atomic E-state index is -0.173. The van der Waals surface area contributed by atoms with Crippen molar-refractivity contribution in [2.24, 2.45) is 13.0 Å². The van der Waals surface area contributed by atoms with E-state index in [1.165, 1.54) is 0 Å². The Hall–Kier alpha value is -3.14. The number of fused-ring (bicyclic) bond motifs is 1. The summed E-state index contributed by atoms with van der Waals surface area (Å²) in [6.07, 6.45) is 1.57. The molecular weight excluding hydrogens is 294 g/mol. The average molecular weight is 309 g/mol. The SMILES string of the molecule is CC(C)C(=O)C#Cc1nc(N)c2nc(-c3ccco3)n(C)c2n1. The van der Waals surface area contributed by atoms with Crippen LogP contribution in [0.1, 0.15) is 19.7 Å². The van der Waals surface area contributed by atoms with Crippen LogP contribution in [0.5, 0.6) is 0 Å². The molecule has 7 heteroatoms. The second-order valence-electron chi connectivity index (χ2n) is 5.35. The van der Waals surface area contributed by atoms with Gasteiger partial charge in [-0.05, 0) is 24.0 Å². The molecule has 0 radical (unpaired) electrons. The molecule has 23 heavy (non-hydrogen) atoms. The van der Waals surface area contributed by atoms with Gasteiger partial charge in [0.15, 0.2) is 28.6 Å². The molecule has 0 atom stereocenters. The molecule has 3 heterocycles. The van der Waals surface area contributed by atoms with Gasteiger partial charge in [0.25, 0.3) is 0 Å². The summed E-state index contributed by atoms with van der Waals surface area (Å²) in [5.74, 6) is 6.46. The van der Waals surface area contributed by atoms with Crippen LogP contribution in [0.15, 0.2) is 22.8 Å². The number of nitrogens with zero attached hydrogens (tertiary/aromatic N) is 4. The highest BCUT2D eigenvalue weighted by Gasteiger charge is 2.16. The lowest BCUT2D eigenvalue weighted by Crippen LogP contribution is -2.04. The van der Waals surface area contributed by atoms with Gasteiger partial charge in [0.1, 0.15) is 0 Å². The van der Waals surface area contributed by atoms with Crippen LogP contribution in [-0.4, -0.2) is 25.3 Å². The fraction of sp³-hybridized carbons (Fsp3) is 0.250.